The van der Waals surface area contributed by atoms with Crippen LogP contribution in [0.2, 0.25) is 0 Å². The van der Waals surface area contributed by atoms with Gasteiger partial charge in [-0.2, -0.15) is 0 Å². The van der Waals surface area contributed by atoms with Gasteiger partial charge in [0.2, 0.25) is 0 Å². The van der Waals surface area contributed by atoms with Crippen molar-refractivity contribution in [3.63, 3.8) is 0 Å². The molecular formula is C61H112O5. The van der Waals surface area contributed by atoms with Crippen LogP contribution in [0.4, 0.5) is 0 Å². The van der Waals surface area contributed by atoms with Crippen LogP contribution >= 0.6 is 0 Å². The van der Waals surface area contributed by atoms with Crippen LogP contribution in [0.5, 0.6) is 0 Å². The number of aliphatic hydroxyl groups excluding tert-OH is 1. The zero-order chi connectivity index (χ0) is 47.7. The summed E-state index contributed by atoms with van der Waals surface area (Å²) >= 11 is 0. The number of carbonyl (C=O) groups is 2. The number of aliphatic hydroxyl groups is 1. The highest BCUT2D eigenvalue weighted by atomic mass is 16.6. The Morgan fingerprint density at radius 2 is 0.606 bits per heavy atom. The summed E-state index contributed by atoms with van der Waals surface area (Å²) < 4.78 is 10.7. The maximum absolute atomic E-state index is 12.3. The molecule has 0 fully saturated rings. The Morgan fingerprint density at radius 1 is 0.348 bits per heavy atom. The molecule has 0 aromatic carbocycles. The summed E-state index contributed by atoms with van der Waals surface area (Å²) in [5, 5.41) is 9.63. The molecule has 0 spiro atoms. The molecule has 66 heavy (non-hydrogen) atoms. The van der Waals surface area contributed by atoms with Crippen molar-refractivity contribution < 1.29 is 24.2 Å². The summed E-state index contributed by atoms with van der Waals surface area (Å²) in [6.45, 7) is 4.12. The van der Waals surface area contributed by atoms with Gasteiger partial charge in [-0.1, -0.05) is 268 Å². The Morgan fingerprint density at radius 3 is 0.924 bits per heavy atom. The Labute approximate surface area is 411 Å². The van der Waals surface area contributed by atoms with Crippen molar-refractivity contribution in [3.8, 4) is 0 Å². The molecule has 1 atom stereocenters. The van der Waals surface area contributed by atoms with Gasteiger partial charge >= 0.3 is 11.9 Å². The third-order valence-electron chi connectivity index (χ3n) is 13.1. The smallest absolute Gasteiger partial charge is 0.306 e. The van der Waals surface area contributed by atoms with E-state index < -0.39 is 6.10 Å². The van der Waals surface area contributed by atoms with Crippen molar-refractivity contribution in [2.24, 2.45) is 0 Å². The lowest BCUT2D eigenvalue weighted by atomic mass is 10.0. The van der Waals surface area contributed by atoms with Gasteiger partial charge in [-0.3, -0.25) is 9.59 Å². The topological polar surface area (TPSA) is 72.8 Å². The molecule has 0 aromatic rings. The molecule has 0 rings (SSSR count). The number of hydrogen-bond donors (Lipinski definition) is 1. The van der Waals surface area contributed by atoms with E-state index in [1.54, 1.807) is 0 Å². The molecule has 5 heteroatoms. The largest absolute Gasteiger partial charge is 0.462 e. The molecule has 0 heterocycles. The normalized spacial score (nSPS) is 12.5. The zero-order valence-corrected chi connectivity index (χ0v) is 44.2. The number of unbranched alkanes of at least 4 members (excludes halogenated alkanes) is 38. The van der Waals surface area contributed by atoms with Gasteiger partial charge in [-0.25, -0.2) is 0 Å². The molecule has 0 saturated heterocycles. The van der Waals surface area contributed by atoms with E-state index in [-0.39, 0.29) is 25.2 Å². The lowest BCUT2D eigenvalue weighted by molar-refractivity contribution is -0.161. The van der Waals surface area contributed by atoms with Crippen LogP contribution in [-0.4, -0.2) is 36.4 Å². The van der Waals surface area contributed by atoms with E-state index in [4.69, 9.17) is 9.47 Å². The van der Waals surface area contributed by atoms with E-state index in [9.17, 15) is 14.7 Å². The van der Waals surface area contributed by atoms with Crippen LogP contribution < -0.4 is 0 Å². The van der Waals surface area contributed by atoms with Gasteiger partial charge < -0.3 is 14.6 Å². The maximum Gasteiger partial charge on any atom is 0.306 e. The Bertz CT molecular complexity index is 1090. The van der Waals surface area contributed by atoms with Crippen molar-refractivity contribution in [3.05, 3.63) is 48.6 Å². The fraction of sp³-hybridized carbons (Fsp3) is 0.836. The lowest BCUT2D eigenvalue weighted by Gasteiger charge is -2.15. The minimum atomic E-state index is -0.776. The molecule has 0 radical (unpaired) electrons. The van der Waals surface area contributed by atoms with Crippen molar-refractivity contribution >= 4 is 11.9 Å². The van der Waals surface area contributed by atoms with Crippen LogP contribution in [0.3, 0.4) is 0 Å². The fourth-order valence-corrected chi connectivity index (χ4v) is 8.68. The summed E-state index contributed by atoms with van der Waals surface area (Å²) in [5.74, 6) is -0.594. The second-order valence-corrected chi connectivity index (χ2v) is 19.7. The van der Waals surface area contributed by atoms with Gasteiger partial charge in [0.25, 0.3) is 0 Å². The lowest BCUT2D eigenvalue weighted by Crippen LogP contribution is -2.28. The van der Waals surface area contributed by atoms with Crippen LogP contribution in [-0.2, 0) is 19.1 Å². The van der Waals surface area contributed by atoms with E-state index in [1.807, 2.05) is 0 Å². The third-order valence-corrected chi connectivity index (χ3v) is 13.1. The highest BCUT2D eigenvalue weighted by molar-refractivity contribution is 5.70. The maximum atomic E-state index is 12.3. The molecule has 0 amide bonds. The van der Waals surface area contributed by atoms with Crippen molar-refractivity contribution in [2.45, 2.75) is 315 Å². The third kappa shape index (κ3) is 54.5. The highest BCUT2D eigenvalue weighted by Gasteiger charge is 2.16. The van der Waals surface area contributed by atoms with Crippen molar-refractivity contribution in [1.29, 1.82) is 0 Å². The second kappa shape index (κ2) is 57.2. The monoisotopic (exact) mass is 925 g/mol. The van der Waals surface area contributed by atoms with E-state index in [1.165, 1.54) is 225 Å². The van der Waals surface area contributed by atoms with Crippen molar-refractivity contribution in [1.82, 2.24) is 0 Å². The Hall–Kier alpha value is -2.14. The fourth-order valence-electron chi connectivity index (χ4n) is 8.68. The number of rotatable bonds is 54. The van der Waals surface area contributed by atoms with Crippen LogP contribution in [0.1, 0.15) is 309 Å². The van der Waals surface area contributed by atoms with Crippen LogP contribution in [0, 0.1) is 0 Å². The summed E-state index contributed by atoms with van der Waals surface area (Å²) in [5.41, 5.74) is 0. The van der Waals surface area contributed by atoms with Gasteiger partial charge in [0.1, 0.15) is 6.61 Å². The first-order valence-electron chi connectivity index (χ1n) is 29.2. The number of esters is 2. The predicted octanol–water partition coefficient (Wildman–Crippen LogP) is 19.6. The molecule has 1 N–H and O–H groups in total. The molecule has 0 aliphatic rings. The summed E-state index contributed by atoms with van der Waals surface area (Å²) in [6, 6.07) is 0. The van der Waals surface area contributed by atoms with Crippen molar-refractivity contribution in [2.75, 3.05) is 13.2 Å². The van der Waals surface area contributed by atoms with E-state index in [0.717, 1.165) is 57.8 Å². The quantitative estimate of drug-likeness (QED) is 0.0374. The molecule has 5 nitrogen and oxygen atoms in total. The molecule has 0 aromatic heterocycles. The number of carbonyl (C=O) groups excluding carboxylic acids is 2. The first-order chi connectivity index (χ1) is 32.6. The minimum Gasteiger partial charge on any atom is -0.462 e. The average molecular weight is 926 g/mol. The minimum absolute atomic E-state index is 0.0701. The van der Waals surface area contributed by atoms with Gasteiger partial charge in [0.05, 0.1) is 6.61 Å². The number of ether oxygens (including phenoxy) is 2. The summed E-state index contributed by atoms with van der Waals surface area (Å²) in [4.78, 5) is 24.4. The Kier molecular flexibility index (Phi) is 55.3. The van der Waals surface area contributed by atoms with E-state index in [2.05, 4.69) is 62.5 Å². The number of hydrogen-bond acceptors (Lipinski definition) is 5. The van der Waals surface area contributed by atoms with Gasteiger partial charge in [-0.15, -0.1) is 0 Å². The second-order valence-electron chi connectivity index (χ2n) is 19.7. The van der Waals surface area contributed by atoms with Crippen LogP contribution in [0.25, 0.3) is 0 Å². The van der Waals surface area contributed by atoms with E-state index in [0.29, 0.717) is 12.8 Å². The van der Waals surface area contributed by atoms with E-state index >= 15 is 0 Å². The molecule has 386 valence electrons. The van der Waals surface area contributed by atoms with Crippen LogP contribution in [0.15, 0.2) is 48.6 Å². The Balaban J connectivity index is 3.39. The summed E-state index contributed by atoms with van der Waals surface area (Å²) in [6.07, 6.45) is 75.4. The molecular weight excluding hydrogens is 813 g/mol. The summed E-state index contributed by atoms with van der Waals surface area (Å²) in [7, 11) is 0. The van der Waals surface area contributed by atoms with Gasteiger partial charge in [0, 0.05) is 12.8 Å². The number of allylic oxidation sites excluding steroid dienone is 8. The average Bonchev–Trinajstić information content (AvgIpc) is 3.32. The predicted molar refractivity (Wildman–Crippen MR) is 288 cm³/mol. The van der Waals surface area contributed by atoms with Gasteiger partial charge in [-0.05, 0) is 77.0 Å². The molecule has 0 bridgehead atoms. The first-order valence-corrected chi connectivity index (χ1v) is 29.2. The molecule has 0 saturated carbocycles. The first kappa shape index (κ1) is 63.9. The van der Waals surface area contributed by atoms with Gasteiger partial charge in [0.15, 0.2) is 6.10 Å². The SMILES string of the molecule is CCCCC/C=C\C/C=C\CCCCCCCC(=O)OCC(CO)OC(=O)CCCCCCCCCCCCCCCCCCCCCCCCCCC/C=C\C/C=C\CCCCCCC. The molecule has 1 unspecified atom stereocenters. The standard InChI is InChI=1S/C61H112O5/c1-3-5-7-9-11-13-15-17-19-20-21-22-23-24-25-26-27-28-29-30-31-32-33-34-35-36-37-38-39-40-42-44-46-48-50-52-54-56-61(64)66-59(57-62)58-65-60(63)55-53-51-49-47-45-43-41-18-16-14-12-10-8-6-4-2/h12,14-15,17-18,20-21,41,59,62H,3-11,13,16,19,22-40,42-58H2,1-2H3/b14-12-,17-15-,21-20-,41-18-. The zero-order valence-electron chi connectivity index (χ0n) is 44.2. The molecule has 0 aliphatic heterocycles. The molecule has 0 aliphatic carbocycles. The highest BCUT2D eigenvalue weighted by Crippen LogP contribution is 2.17.